The average Bonchev–Trinajstić information content (AvgIpc) is 2.58. The summed E-state index contributed by atoms with van der Waals surface area (Å²) in [7, 11) is 0. The van der Waals surface area contributed by atoms with Crippen molar-refractivity contribution in [1.82, 2.24) is 20.5 Å². The van der Waals surface area contributed by atoms with E-state index in [9.17, 15) is 0 Å². The van der Waals surface area contributed by atoms with Crippen molar-refractivity contribution in [1.29, 1.82) is 0 Å². The van der Waals surface area contributed by atoms with Gasteiger partial charge in [-0.2, -0.15) is 5.10 Å². The van der Waals surface area contributed by atoms with Crippen LogP contribution in [0.2, 0.25) is 0 Å². The number of hydrogen-bond donors (Lipinski definition) is 2. The minimum absolute atomic E-state index is 0. The van der Waals surface area contributed by atoms with Crippen LogP contribution in [0.25, 0.3) is 0 Å². The molecule has 2 heterocycles. The van der Waals surface area contributed by atoms with Crippen LogP contribution in [0.4, 0.5) is 0 Å². The summed E-state index contributed by atoms with van der Waals surface area (Å²) >= 11 is 0. The molecule has 1 saturated heterocycles. The van der Waals surface area contributed by atoms with Crippen LogP contribution < -0.4 is 5.32 Å². The normalized spacial score (nSPS) is 23.2. The van der Waals surface area contributed by atoms with Gasteiger partial charge in [-0.05, 0) is 19.4 Å². The van der Waals surface area contributed by atoms with Crippen molar-refractivity contribution in [3.8, 4) is 0 Å². The maximum Gasteiger partial charge on any atom is 0.137 e. The first kappa shape index (κ1) is 9.48. The van der Waals surface area contributed by atoms with Crippen molar-refractivity contribution in [2.45, 2.75) is 18.8 Å². The molecule has 12 heavy (non-hydrogen) atoms. The molecule has 1 fully saturated rings. The number of H-pyrrole nitrogens is 1. The van der Waals surface area contributed by atoms with Crippen LogP contribution in [0.1, 0.15) is 24.6 Å². The highest BCUT2D eigenvalue weighted by molar-refractivity contribution is 5.85. The first-order valence-electron chi connectivity index (χ1n) is 4.03. The molecule has 0 bridgehead atoms. The lowest BCUT2D eigenvalue weighted by molar-refractivity contribution is 0.447. The van der Waals surface area contributed by atoms with Gasteiger partial charge in [0.05, 0.1) is 0 Å². The molecule has 5 heteroatoms. The fraction of sp³-hybridized carbons (Fsp3) is 0.714. The largest absolute Gasteiger partial charge is 0.316 e. The molecular weight excluding hydrogens is 176 g/mol. The molecule has 0 saturated carbocycles. The molecule has 4 nitrogen and oxygen atoms in total. The molecular formula is C7H13ClN4. The second-order valence-corrected chi connectivity index (χ2v) is 2.91. The van der Waals surface area contributed by atoms with E-state index in [0.29, 0.717) is 5.92 Å². The summed E-state index contributed by atoms with van der Waals surface area (Å²) < 4.78 is 0. The second kappa shape index (κ2) is 4.42. The van der Waals surface area contributed by atoms with Crippen LogP contribution in [0, 0.1) is 0 Å². The van der Waals surface area contributed by atoms with Gasteiger partial charge < -0.3 is 5.32 Å². The third-order valence-corrected chi connectivity index (χ3v) is 2.12. The Morgan fingerprint density at radius 2 is 2.42 bits per heavy atom. The number of hydrogen-bond acceptors (Lipinski definition) is 3. The zero-order valence-corrected chi connectivity index (χ0v) is 7.60. The lowest BCUT2D eigenvalue weighted by Gasteiger charge is -2.19. The third-order valence-electron chi connectivity index (χ3n) is 2.12. The topological polar surface area (TPSA) is 53.6 Å². The summed E-state index contributed by atoms with van der Waals surface area (Å²) in [5, 5.41) is 10.1. The quantitative estimate of drug-likeness (QED) is 0.682. The van der Waals surface area contributed by atoms with Crippen LogP contribution >= 0.6 is 12.4 Å². The Kier molecular flexibility index (Phi) is 3.49. The standard InChI is InChI=1S/C7H12N4.ClH/c1-2-6(4-8-3-1)7-9-5-10-11-7;/h5-6,8H,1-4H2,(H,9,10,11);1H. The van der Waals surface area contributed by atoms with E-state index in [1.165, 1.54) is 12.8 Å². The zero-order chi connectivity index (χ0) is 7.52. The SMILES string of the molecule is Cl.c1n[nH]c(C2CCCNC2)n1. The van der Waals surface area contributed by atoms with E-state index < -0.39 is 0 Å². The fourth-order valence-electron chi connectivity index (χ4n) is 1.50. The van der Waals surface area contributed by atoms with Crippen molar-refractivity contribution in [3.05, 3.63) is 12.2 Å². The highest BCUT2D eigenvalue weighted by Gasteiger charge is 2.16. The van der Waals surface area contributed by atoms with Gasteiger partial charge in [-0.25, -0.2) is 4.98 Å². The van der Waals surface area contributed by atoms with Crippen molar-refractivity contribution in [2.75, 3.05) is 13.1 Å². The molecule has 1 unspecified atom stereocenters. The number of nitrogens with one attached hydrogen (secondary N) is 2. The Bertz CT molecular complexity index is 205. The molecule has 2 rings (SSSR count). The summed E-state index contributed by atoms with van der Waals surface area (Å²) in [4.78, 5) is 4.13. The van der Waals surface area contributed by atoms with Crippen LogP contribution in [-0.4, -0.2) is 28.3 Å². The van der Waals surface area contributed by atoms with Gasteiger partial charge in [0.1, 0.15) is 12.2 Å². The summed E-state index contributed by atoms with van der Waals surface area (Å²) in [6.45, 7) is 2.18. The van der Waals surface area contributed by atoms with Gasteiger partial charge in [-0.1, -0.05) is 0 Å². The van der Waals surface area contributed by atoms with Gasteiger partial charge in [0.25, 0.3) is 0 Å². The van der Waals surface area contributed by atoms with E-state index in [1.54, 1.807) is 6.33 Å². The van der Waals surface area contributed by atoms with E-state index in [1.807, 2.05) is 0 Å². The minimum Gasteiger partial charge on any atom is -0.316 e. The maximum atomic E-state index is 4.13. The number of aromatic nitrogens is 3. The number of halogens is 1. The summed E-state index contributed by atoms with van der Waals surface area (Å²) in [6, 6.07) is 0. The Morgan fingerprint density at radius 3 is 3.00 bits per heavy atom. The van der Waals surface area contributed by atoms with E-state index in [-0.39, 0.29) is 12.4 Å². The van der Waals surface area contributed by atoms with Gasteiger partial charge in [0.15, 0.2) is 0 Å². The number of rotatable bonds is 1. The van der Waals surface area contributed by atoms with Crippen molar-refractivity contribution in [2.24, 2.45) is 0 Å². The van der Waals surface area contributed by atoms with Crippen LogP contribution in [0.15, 0.2) is 6.33 Å². The first-order chi connectivity index (χ1) is 5.47. The van der Waals surface area contributed by atoms with E-state index in [4.69, 9.17) is 0 Å². The predicted octanol–water partition coefficient (Wildman–Crippen LogP) is 0.693. The fourth-order valence-corrected chi connectivity index (χ4v) is 1.50. The smallest absolute Gasteiger partial charge is 0.137 e. The molecule has 1 atom stereocenters. The summed E-state index contributed by atoms with van der Waals surface area (Å²) in [6.07, 6.45) is 4.04. The molecule has 1 aliphatic rings. The number of aromatic amines is 1. The molecule has 0 aliphatic carbocycles. The maximum absolute atomic E-state index is 4.13. The van der Waals surface area contributed by atoms with Gasteiger partial charge in [0.2, 0.25) is 0 Å². The van der Waals surface area contributed by atoms with E-state index >= 15 is 0 Å². The van der Waals surface area contributed by atoms with Crippen molar-refractivity contribution < 1.29 is 0 Å². The molecule has 68 valence electrons. The average molecular weight is 189 g/mol. The Hall–Kier alpha value is -0.610. The molecule has 2 N–H and O–H groups in total. The lowest BCUT2D eigenvalue weighted by atomic mass is 9.99. The molecule has 0 aromatic carbocycles. The molecule has 1 aliphatic heterocycles. The molecule has 1 aromatic heterocycles. The molecule has 0 radical (unpaired) electrons. The van der Waals surface area contributed by atoms with Crippen molar-refractivity contribution >= 4 is 12.4 Å². The van der Waals surface area contributed by atoms with E-state index in [2.05, 4.69) is 20.5 Å². The number of nitrogens with zero attached hydrogens (tertiary/aromatic N) is 2. The zero-order valence-electron chi connectivity index (χ0n) is 6.79. The van der Waals surface area contributed by atoms with Gasteiger partial charge >= 0.3 is 0 Å². The molecule has 0 amide bonds. The Morgan fingerprint density at radius 1 is 1.50 bits per heavy atom. The van der Waals surface area contributed by atoms with Crippen LogP contribution in [0.5, 0.6) is 0 Å². The summed E-state index contributed by atoms with van der Waals surface area (Å²) in [5.74, 6) is 1.57. The molecule has 1 aromatic rings. The van der Waals surface area contributed by atoms with Gasteiger partial charge in [-0.15, -0.1) is 12.4 Å². The second-order valence-electron chi connectivity index (χ2n) is 2.91. The van der Waals surface area contributed by atoms with E-state index in [0.717, 1.165) is 18.9 Å². The number of piperidine rings is 1. The summed E-state index contributed by atoms with van der Waals surface area (Å²) in [5.41, 5.74) is 0. The highest BCUT2D eigenvalue weighted by atomic mass is 35.5. The van der Waals surface area contributed by atoms with Gasteiger partial charge in [0, 0.05) is 12.5 Å². The third kappa shape index (κ3) is 1.95. The Labute approximate surface area is 77.6 Å². The monoisotopic (exact) mass is 188 g/mol. The van der Waals surface area contributed by atoms with Crippen LogP contribution in [-0.2, 0) is 0 Å². The van der Waals surface area contributed by atoms with Crippen LogP contribution in [0.3, 0.4) is 0 Å². The lowest BCUT2D eigenvalue weighted by Crippen LogP contribution is -2.28. The minimum atomic E-state index is 0. The van der Waals surface area contributed by atoms with Crippen molar-refractivity contribution in [3.63, 3.8) is 0 Å². The van der Waals surface area contributed by atoms with Gasteiger partial charge in [-0.3, -0.25) is 5.10 Å². The predicted molar refractivity (Wildman–Crippen MR) is 48.5 cm³/mol. The first-order valence-corrected chi connectivity index (χ1v) is 4.03. The highest BCUT2D eigenvalue weighted by Crippen LogP contribution is 2.18. The molecule has 0 spiro atoms. The Balaban J connectivity index is 0.000000720.